The van der Waals surface area contributed by atoms with Gasteiger partial charge >= 0.3 is 12.0 Å². The Bertz CT molecular complexity index is 439. The molecule has 0 aliphatic carbocycles. The molecule has 1 aromatic rings. The number of benzene rings is 1. The number of halogens is 1. The average Bonchev–Trinajstić information content (AvgIpc) is 2.33. The van der Waals surface area contributed by atoms with Gasteiger partial charge in [-0.1, -0.05) is 23.7 Å². The number of amides is 2. The molecule has 0 fully saturated rings. The maximum absolute atomic E-state index is 11.3. The number of hydrogen-bond donors (Lipinski definition) is 4. The lowest BCUT2D eigenvalue weighted by Crippen LogP contribution is -2.41. The Morgan fingerprint density at radius 3 is 2.67 bits per heavy atom. The van der Waals surface area contributed by atoms with Crippen LogP contribution in [0.3, 0.4) is 0 Å². The highest BCUT2D eigenvalue weighted by Gasteiger charge is 2.13. The second kappa shape index (κ2) is 6.83. The van der Waals surface area contributed by atoms with E-state index < -0.39 is 18.1 Å². The molecular weight excluding hydrogens is 260 g/mol. The van der Waals surface area contributed by atoms with Crippen molar-refractivity contribution in [3.8, 4) is 0 Å². The molecule has 4 N–H and O–H groups in total. The molecule has 0 heterocycles. The normalized spacial score (nSPS) is 11.7. The summed E-state index contributed by atoms with van der Waals surface area (Å²) in [6, 6.07) is 6.40. The first-order chi connectivity index (χ1) is 8.49. The van der Waals surface area contributed by atoms with Crippen molar-refractivity contribution in [1.29, 1.82) is 0 Å². The molecule has 0 aliphatic rings. The highest BCUT2D eigenvalue weighted by Crippen LogP contribution is 2.09. The van der Waals surface area contributed by atoms with Crippen molar-refractivity contribution in [3.63, 3.8) is 0 Å². The van der Waals surface area contributed by atoms with Crippen LogP contribution < -0.4 is 10.6 Å². The Hall–Kier alpha value is -1.79. The number of rotatable bonds is 5. The molecule has 0 saturated carbocycles. The molecule has 0 saturated heterocycles. The Kier molecular flexibility index (Phi) is 5.41. The fraction of sp³-hybridized carbons (Fsp3) is 0.273. The van der Waals surface area contributed by atoms with Crippen LogP contribution in [-0.2, 0) is 11.3 Å². The van der Waals surface area contributed by atoms with Gasteiger partial charge in [-0.05, 0) is 17.7 Å². The fourth-order valence-electron chi connectivity index (χ4n) is 1.17. The van der Waals surface area contributed by atoms with Gasteiger partial charge < -0.3 is 20.8 Å². The van der Waals surface area contributed by atoms with Gasteiger partial charge in [0.25, 0.3) is 0 Å². The molecule has 0 spiro atoms. The number of hydrogen-bond acceptors (Lipinski definition) is 3. The van der Waals surface area contributed by atoms with Gasteiger partial charge in [-0.15, -0.1) is 0 Å². The van der Waals surface area contributed by atoms with Crippen LogP contribution in [0.25, 0.3) is 0 Å². The van der Waals surface area contributed by atoms with Gasteiger partial charge in [-0.25, -0.2) is 9.59 Å². The summed E-state index contributed by atoms with van der Waals surface area (Å²) in [5, 5.41) is 22.6. The predicted octanol–water partition coefficient (Wildman–Crippen LogP) is 0.585. The Morgan fingerprint density at radius 1 is 1.33 bits per heavy atom. The third-order valence-electron chi connectivity index (χ3n) is 2.08. The van der Waals surface area contributed by atoms with Crippen LogP contribution in [0.2, 0.25) is 5.02 Å². The van der Waals surface area contributed by atoms with Crippen LogP contribution in [0.15, 0.2) is 24.3 Å². The summed E-state index contributed by atoms with van der Waals surface area (Å²) < 4.78 is 0. The lowest BCUT2D eigenvalue weighted by atomic mass is 10.2. The van der Waals surface area contributed by atoms with E-state index in [-0.39, 0.29) is 13.1 Å². The molecule has 6 nitrogen and oxygen atoms in total. The first-order valence-corrected chi connectivity index (χ1v) is 5.54. The highest BCUT2D eigenvalue weighted by molar-refractivity contribution is 6.30. The van der Waals surface area contributed by atoms with E-state index in [0.717, 1.165) is 5.56 Å². The second-order valence-corrected chi connectivity index (χ2v) is 3.98. The van der Waals surface area contributed by atoms with Crippen molar-refractivity contribution in [2.75, 3.05) is 6.54 Å². The van der Waals surface area contributed by atoms with Gasteiger partial charge in [0.15, 0.2) is 6.10 Å². The van der Waals surface area contributed by atoms with Crippen LogP contribution in [0.4, 0.5) is 4.79 Å². The lowest BCUT2D eigenvalue weighted by molar-refractivity contribution is -0.146. The zero-order chi connectivity index (χ0) is 13.5. The SMILES string of the molecule is O=C(NCc1cccc(Cl)c1)NCC(O)C(=O)O. The van der Waals surface area contributed by atoms with Crippen molar-refractivity contribution in [1.82, 2.24) is 10.6 Å². The minimum absolute atomic E-state index is 0.259. The highest BCUT2D eigenvalue weighted by atomic mass is 35.5. The molecule has 0 radical (unpaired) electrons. The summed E-state index contributed by atoms with van der Waals surface area (Å²) in [6.07, 6.45) is -1.61. The summed E-state index contributed by atoms with van der Waals surface area (Å²) in [7, 11) is 0. The second-order valence-electron chi connectivity index (χ2n) is 3.55. The number of nitrogens with one attached hydrogen (secondary N) is 2. The van der Waals surface area contributed by atoms with E-state index in [1.165, 1.54) is 0 Å². The fourth-order valence-corrected chi connectivity index (χ4v) is 1.38. The topological polar surface area (TPSA) is 98.7 Å². The minimum Gasteiger partial charge on any atom is -0.479 e. The first kappa shape index (κ1) is 14.3. The van der Waals surface area contributed by atoms with Crippen LogP contribution >= 0.6 is 11.6 Å². The predicted molar refractivity (Wildman–Crippen MR) is 65.3 cm³/mol. The summed E-state index contributed by atoms with van der Waals surface area (Å²) in [5.74, 6) is -1.38. The lowest BCUT2D eigenvalue weighted by Gasteiger charge is -2.09. The number of aliphatic hydroxyl groups excluding tert-OH is 1. The average molecular weight is 273 g/mol. The van der Waals surface area contributed by atoms with Gasteiger partial charge in [-0.3, -0.25) is 0 Å². The maximum Gasteiger partial charge on any atom is 0.334 e. The molecule has 1 atom stereocenters. The van der Waals surface area contributed by atoms with Crippen LogP contribution in [-0.4, -0.2) is 34.9 Å². The number of aliphatic carboxylic acids is 1. The molecule has 0 aliphatic heterocycles. The van der Waals surface area contributed by atoms with Gasteiger partial charge in [-0.2, -0.15) is 0 Å². The summed E-state index contributed by atoms with van der Waals surface area (Å²) in [5.41, 5.74) is 0.816. The number of urea groups is 1. The molecule has 1 aromatic carbocycles. The molecule has 2 amide bonds. The van der Waals surface area contributed by atoms with Crippen LogP contribution in [0.5, 0.6) is 0 Å². The molecule has 98 valence electrons. The minimum atomic E-state index is -1.61. The third kappa shape index (κ3) is 5.03. The van der Waals surface area contributed by atoms with Crippen molar-refractivity contribution >= 4 is 23.6 Å². The van der Waals surface area contributed by atoms with E-state index in [1.54, 1.807) is 24.3 Å². The van der Waals surface area contributed by atoms with Crippen molar-refractivity contribution in [3.05, 3.63) is 34.9 Å². The number of carboxylic acids is 1. The van der Waals surface area contributed by atoms with Crippen molar-refractivity contribution in [2.45, 2.75) is 12.6 Å². The number of carboxylic acid groups (broad SMARTS) is 1. The maximum atomic E-state index is 11.3. The molecule has 1 unspecified atom stereocenters. The standard InChI is InChI=1S/C11H13ClN2O4/c12-8-3-1-2-7(4-8)5-13-11(18)14-6-9(15)10(16)17/h1-4,9,15H,5-6H2,(H,16,17)(H2,13,14,18). The van der Waals surface area contributed by atoms with E-state index in [2.05, 4.69) is 10.6 Å². The van der Waals surface area contributed by atoms with Crippen LogP contribution in [0, 0.1) is 0 Å². The van der Waals surface area contributed by atoms with Gasteiger partial charge in [0, 0.05) is 11.6 Å². The zero-order valence-corrected chi connectivity index (χ0v) is 10.1. The van der Waals surface area contributed by atoms with E-state index in [1.807, 2.05) is 0 Å². The summed E-state index contributed by atoms with van der Waals surface area (Å²) in [4.78, 5) is 21.6. The third-order valence-corrected chi connectivity index (χ3v) is 2.32. The van der Waals surface area contributed by atoms with Gasteiger partial charge in [0.2, 0.25) is 0 Å². The van der Waals surface area contributed by atoms with Crippen LogP contribution in [0.1, 0.15) is 5.56 Å². The van der Waals surface area contributed by atoms with Crippen molar-refractivity contribution < 1.29 is 19.8 Å². The van der Waals surface area contributed by atoms with E-state index in [9.17, 15) is 9.59 Å². The van der Waals surface area contributed by atoms with E-state index >= 15 is 0 Å². The monoisotopic (exact) mass is 272 g/mol. The molecule has 0 aromatic heterocycles. The van der Waals surface area contributed by atoms with E-state index in [0.29, 0.717) is 5.02 Å². The smallest absolute Gasteiger partial charge is 0.334 e. The Labute approximate surface area is 109 Å². The van der Waals surface area contributed by atoms with E-state index in [4.69, 9.17) is 21.8 Å². The molecule has 0 bridgehead atoms. The molecule has 18 heavy (non-hydrogen) atoms. The number of aliphatic hydroxyl groups is 1. The zero-order valence-electron chi connectivity index (χ0n) is 9.39. The molecule has 1 rings (SSSR count). The Balaban J connectivity index is 2.31. The van der Waals surface area contributed by atoms with Gasteiger partial charge in [0.1, 0.15) is 0 Å². The largest absolute Gasteiger partial charge is 0.479 e. The number of carbonyl (C=O) groups excluding carboxylic acids is 1. The number of carbonyl (C=O) groups is 2. The van der Waals surface area contributed by atoms with Gasteiger partial charge in [0.05, 0.1) is 6.54 Å². The summed E-state index contributed by atoms with van der Waals surface area (Å²) >= 11 is 5.77. The summed E-state index contributed by atoms with van der Waals surface area (Å²) in [6.45, 7) is -0.0910. The van der Waals surface area contributed by atoms with Crippen molar-refractivity contribution in [2.24, 2.45) is 0 Å². The Morgan fingerprint density at radius 2 is 2.06 bits per heavy atom. The molecule has 7 heteroatoms. The first-order valence-electron chi connectivity index (χ1n) is 5.16. The molecular formula is C11H13ClN2O4. The quantitative estimate of drug-likeness (QED) is 0.630.